The Morgan fingerprint density at radius 2 is 2.25 bits per heavy atom. The molecule has 0 unspecified atom stereocenters. The van der Waals surface area contributed by atoms with Crippen LogP contribution in [0.3, 0.4) is 0 Å². The monoisotopic (exact) mass is 276 g/mol. The van der Waals surface area contributed by atoms with Gasteiger partial charge >= 0.3 is 0 Å². The van der Waals surface area contributed by atoms with Crippen molar-refractivity contribution in [2.45, 2.75) is 19.8 Å². The molecule has 0 atom stereocenters. The molecule has 0 saturated carbocycles. The van der Waals surface area contributed by atoms with Gasteiger partial charge in [0.1, 0.15) is 11.6 Å². The van der Waals surface area contributed by atoms with Crippen molar-refractivity contribution in [3.8, 4) is 6.07 Å². The van der Waals surface area contributed by atoms with Crippen molar-refractivity contribution in [2.75, 3.05) is 18.0 Å². The average molecular weight is 276 g/mol. The van der Waals surface area contributed by atoms with Crippen LogP contribution in [-0.4, -0.2) is 23.9 Å². The molecule has 1 amide bonds. The zero-order valence-corrected chi connectivity index (χ0v) is 11.2. The van der Waals surface area contributed by atoms with Crippen LogP contribution in [0.2, 0.25) is 0 Å². The minimum absolute atomic E-state index is 0.00623. The Morgan fingerprint density at radius 1 is 1.55 bits per heavy atom. The molecule has 0 aliphatic carbocycles. The normalized spacial score (nSPS) is 9.80. The highest BCUT2D eigenvalue weighted by molar-refractivity contribution is 5.80. The fraction of sp³-hybridized carbons (Fsp3) is 0.385. The van der Waals surface area contributed by atoms with E-state index in [0.29, 0.717) is 12.2 Å². The predicted octanol–water partition coefficient (Wildman–Crippen LogP) is 1.56. The Kier molecular flexibility index (Phi) is 5.47. The first-order valence-corrected chi connectivity index (χ1v) is 6.21. The topological polar surface area (TPSA) is 113 Å². The van der Waals surface area contributed by atoms with Gasteiger partial charge in [-0.1, -0.05) is 13.3 Å². The Bertz CT molecular complexity index is 551. The summed E-state index contributed by atoms with van der Waals surface area (Å²) < 4.78 is 0. The van der Waals surface area contributed by atoms with E-state index < -0.39 is 10.8 Å². The molecule has 106 valence electrons. The maximum Gasteiger partial charge on any atom is 0.289 e. The second kappa shape index (κ2) is 7.09. The molecule has 20 heavy (non-hydrogen) atoms. The maximum atomic E-state index is 11.1. The van der Waals surface area contributed by atoms with E-state index in [2.05, 4.69) is 0 Å². The highest BCUT2D eigenvalue weighted by atomic mass is 16.6. The van der Waals surface area contributed by atoms with Gasteiger partial charge in [-0.25, -0.2) is 0 Å². The summed E-state index contributed by atoms with van der Waals surface area (Å²) in [6.45, 7) is 2.56. The van der Waals surface area contributed by atoms with E-state index in [4.69, 9.17) is 11.0 Å². The van der Waals surface area contributed by atoms with Gasteiger partial charge in [0.05, 0.1) is 11.5 Å². The van der Waals surface area contributed by atoms with Gasteiger partial charge < -0.3 is 10.6 Å². The molecule has 0 heterocycles. The van der Waals surface area contributed by atoms with Crippen LogP contribution in [0.5, 0.6) is 0 Å². The summed E-state index contributed by atoms with van der Waals surface area (Å²) in [5.74, 6) is -0.506. The maximum absolute atomic E-state index is 11.1. The molecule has 1 aromatic rings. The number of nitriles is 1. The summed E-state index contributed by atoms with van der Waals surface area (Å²) in [6, 6.07) is 6.05. The molecule has 0 aliphatic rings. The van der Waals surface area contributed by atoms with Crippen molar-refractivity contribution in [1.82, 2.24) is 0 Å². The van der Waals surface area contributed by atoms with Gasteiger partial charge in [0.2, 0.25) is 5.91 Å². The molecule has 0 saturated heterocycles. The van der Waals surface area contributed by atoms with Gasteiger partial charge in [-0.05, 0) is 18.6 Å². The van der Waals surface area contributed by atoms with Crippen molar-refractivity contribution < 1.29 is 9.72 Å². The van der Waals surface area contributed by atoms with Crippen LogP contribution in [-0.2, 0) is 4.79 Å². The first-order chi connectivity index (χ1) is 9.49. The minimum Gasteiger partial charge on any atom is -0.368 e. The molecular weight excluding hydrogens is 260 g/mol. The number of nitrogens with two attached hydrogens (primary N) is 1. The van der Waals surface area contributed by atoms with Crippen molar-refractivity contribution >= 4 is 17.3 Å². The number of hydrogen-bond acceptors (Lipinski definition) is 5. The fourth-order valence-electron chi connectivity index (χ4n) is 1.80. The van der Waals surface area contributed by atoms with E-state index in [1.807, 2.05) is 6.92 Å². The van der Waals surface area contributed by atoms with E-state index in [0.717, 1.165) is 12.8 Å². The average Bonchev–Trinajstić information content (AvgIpc) is 2.42. The number of anilines is 1. The minimum atomic E-state index is -0.607. The summed E-state index contributed by atoms with van der Waals surface area (Å²) in [7, 11) is 0. The first kappa shape index (κ1) is 15.4. The van der Waals surface area contributed by atoms with Gasteiger partial charge in [-0.15, -0.1) is 0 Å². The molecule has 0 spiro atoms. The third-order valence-electron chi connectivity index (χ3n) is 2.79. The molecule has 0 fully saturated rings. The highest BCUT2D eigenvalue weighted by Crippen LogP contribution is 2.25. The van der Waals surface area contributed by atoms with Crippen molar-refractivity contribution in [3.63, 3.8) is 0 Å². The Morgan fingerprint density at radius 3 is 2.75 bits per heavy atom. The largest absolute Gasteiger partial charge is 0.368 e. The third-order valence-corrected chi connectivity index (χ3v) is 2.79. The second-order valence-electron chi connectivity index (χ2n) is 4.31. The van der Waals surface area contributed by atoms with Crippen LogP contribution in [0, 0.1) is 21.4 Å². The fourth-order valence-corrected chi connectivity index (χ4v) is 1.80. The number of carbonyl (C=O) groups excluding carboxylic acids is 1. The quantitative estimate of drug-likeness (QED) is 0.599. The SMILES string of the molecule is CCCCN(CC(N)=O)c1ccc(C#N)c([N+](=O)[O-])c1. The van der Waals surface area contributed by atoms with Crippen molar-refractivity contribution in [3.05, 3.63) is 33.9 Å². The molecule has 2 N–H and O–H groups in total. The molecule has 0 bridgehead atoms. The van der Waals surface area contributed by atoms with Crippen LogP contribution in [0.15, 0.2) is 18.2 Å². The van der Waals surface area contributed by atoms with Gasteiger partial charge in [0.25, 0.3) is 5.69 Å². The molecule has 7 heteroatoms. The van der Waals surface area contributed by atoms with Crippen LogP contribution in [0.4, 0.5) is 11.4 Å². The number of carbonyl (C=O) groups is 1. The lowest BCUT2D eigenvalue weighted by molar-refractivity contribution is -0.385. The molecule has 7 nitrogen and oxygen atoms in total. The number of nitro groups is 1. The van der Waals surface area contributed by atoms with Crippen LogP contribution < -0.4 is 10.6 Å². The summed E-state index contributed by atoms with van der Waals surface area (Å²) in [6.07, 6.45) is 1.76. The molecule has 0 radical (unpaired) electrons. The van der Waals surface area contributed by atoms with E-state index in [1.54, 1.807) is 17.0 Å². The van der Waals surface area contributed by atoms with Crippen molar-refractivity contribution in [2.24, 2.45) is 5.73 Å². The first-order valence-electron chi connectivity index (χ1n) is 6.21. The molecule has 1 rings (SSSR count). The number of primary amides is 1. The van der Waals surface area contributed by atoms with Crippen molar-refractivity contribution in [1.29, 1.82) is 5.26 Å². The number of nitrogens with zero attached hydrogens (tertiary/aromatic N) is 3. The number of hydrogen-bond donors (Lipinski definition) is 1. The number of nitro benzene ring substituents is 1. The second-order valence-corrected chi connectivity index (χ2v) is 4.31. The van der Waals surface area contributed by atoms with Gasteiger partial charge in [-0.2, -0.15) is 5.26 Å². The highest BCUT2D eigenvalue weighted by Gasteiger charge is 2.17. The zero-order chi connectivity index (χ0) is 15.1. The van der Waals surface area contributed by atoms with E-state index >= 15 is 0 Å². The lowest BCUT2D eigenvalue weighted by atomic mass is 10.1. The smallest absolute Gasteiger partial charge is 0.289 e. The van der Waals surface area contributed by atoms with Gasteiger partial charge in [-0.3, -0.25) is 14.9 Å². The van der Waals surface area contributed by atoms with E-state index in [-0.39, 0.29) is 17.8 Å². The number of benzene rings is 1. The lowest BCUT2D eigenvalue weighted by Crippen LogP contribution is -2.34. The van der Waals surface area contributed by atoms with Crippen LogP contribution in [0.1, 0.15) is 25.3 Å². The van der Waals surface area contributed by atoms with E-state index in [9.17, 15) is 14.9 Å². The molecule has 0 aliphatic heterocycles. The predicted molar refractivity (Wildman–Crippen MR) is 74.1 cm³/mol. The van der Waals surface area contributed by atoms with Crippen LogP contribution in [0.25, 0.3) is 0 Å². The third kappa shape index (κ3) is 3.95. The summed E-state index contributed by atoms with van der Waals surface area (Å²) in [5, 5.41) is 19.8. The molecule has 1 aromatic carbocycles. The number of amides is 1. The molecule has 0 aromatic heterocycles. The molecular formula is C13H16N4O3. The van der Waals surface area contributed by atoms with Gasteiger partial charge in [0.15, 0.2) is 0 Å². The Labute approximate surface area is 116 Å². The summed E-state index contributed by atoms with van der Waals surface area (Å²) >= 11 is 0. The van der Waals surface area contributed by atoms with E-state index in [1.165, 1.54) is 12.1 Å². The summed E-state index contributed by atoms with van der Waals surface area (Å²) in [4.78, 5) is 23.1. The standard InChI is InChI=1S/C13H16N4O3/c1-2-3-6-16(9-13(15)18)11-5-4-10(8-14)12(7-11)17(19)20/h4-5,7H,2-3,6,9H2,1H3,(H2,15,18). The zero-order valence-electron chi connectivity index (χ0n) is 11.2. The Hall–Kier alpha value is -2.62. The lowest BCUT2D eigenvalue weighted by Gasteiger charge is -2.23. The van der Waals surface area contributed by atoms with Crippen LogP contribution >= 0.6 is 0 Å². The summed E-state index contributed by atoms with van der Waals surface area (Å²) in [5.41, 5.74) is 5.43. The Balaban J connectivity index is 3.13. The number of unbranched alkanes of at least 4 members (excludes halogenated alkanes) is 1. The number of rotatable bonds is 7. The van der Waals surface area contributed by atoms with Gasteiger partial charge in [0, 0.05) is 18.3 Å².